The number of hydrogen-bond donors (Lipinski definition) is 1. The van der Waals surface area contributed by atoms with Gasteiger partial charge in [0.25, 0.3) is 0 Å². The fourth-order valence-corrected chi connectivity index (χ4v) is 1.77. The van der Waals surface area contributed by atoms with E-state index in [1.165, 1.54) is 11.8 Å². The maximum absolute atomic E-state index is 5.90. The summed E-state index contributed by atoms with van der Waals surface area (Å²) >= 11 is 7.32. The van der Waals surface area contributed by atoms with Crippen LogP contribution in [0.25, 0.3) is 11.4 Å². The summed E-state index contributed by atoms with van der Waals surface area (Å²) in [7, 11) is 0. The van der Waals surface area contributed by atoms with Gasteiger partial charge in [-0.05, 0) is 18.4 Å². The van der Waals surface area contributed by atoms with Gasteiger partial charge in [0.05, 0.1) is 0 Å². The molecule has 0 saturated heterocycles. The number of nitrogens with two attached hydrogens (primary N) is 1. The van der Waals surface area contributed by atoms with Crippen molar-refractivity contribution in [3.63, 3.8) is 0 Å². The Bertz CT molecular complexity index is 518. The number of benzene rings is 1. The third kappa shape index (κ3) is 2.43. The van der Waals surface area contributed by atoms with Crippen molar-refractivity contribution in [3.8, 4) is 11.4 Å². The molecule has 2 aromatic rings. The average Bonchev–Trinajstić information content (AvgIpc) is 2.28. The molecule has 0 fully saturated rings. The van der Waals surface area contributed by atoms with Crippen molar-refractivity contribution >= 4 is 29.3 Å². The fraction of sp³-hybridized carbons (Fsp3) is 0.100. The van der Waals surface area contributed by atoms with Crippen LogP contribution in [0, 0.1) is 0 Å². The van der Waals surface area contributed by atoms with E-state index in [4.69, 9.17) is 17.3 Å². The van der Waals surface area contributed by atoms with Crippen LogP contribution in [-0.4, -0.2) is 21.2 Å². The lowest BCUT2D eigenvalue weighted by molar-refractivity contribution is 0.927. The van der Waals surface area contributed by atoms with Gasteiger partial charge in [-0.15, -0.1) is 0 Å². The van der Waals surface area contributed by atoms with Gasteiger partial charge in [0.15, 0.2) is 11.0 Å². The molecule has 0 aliphatic carbocycles. The number of nitrogen functional groups attached to an aromatic ring is 1. The Morgan fingerprint density at radius 3 is 2.75 bits per heavy atom. The molecule has 0 amide bonds. The van der Waals surface area contributed by atoms with Crippen LogP contribution in [0.15, 0.2) is 29.4 Å². The quantitative estimate of drug-likeness (QED) is 0.832. The lowest BCUT2D eigenvalue weighted by atomic mass is 10.2. The maximum Gasteiger partial charge on any atom is 0.224 e. The van der Waals surface area contributed by atoms with Crippen LogP contribution in [0.2, 0.25) is 5.02 Å². The van der Waals surface area contributed by atoms with Crippen molar-refractivity contribution in [1.82, 2.24) is 15.0 Å². The second-order valence-corrected chi connectivity index (χ2v) is 4.22. The zero-order valence-electron chi connectivity index (χ0n) is 8.51. The summed E-state index contributed by atoms with van der Waals surface area (Å²) in [6.45, 7) is 0. The van der Waals surface area contributed by atoms with Crippen LogP contribution < -0.4 is 5.73 Å². The molecule has 0 atom stereocenters. The number of thioether (sulfide) groups is 1. The van der Waals surface area contributed by atoms with Crippen molar-refractivity contribution in [2.45, 2.75) is 5.16 Å². The molecule has 2 N–H and O–H groups in total. The Labute approximate surface area is 102 Å². The van der Waals surface area contributed by atoms with E-state index in [-0.39, 0.29) is 5.95 Å². The van der Waals surface area contributed by atoms with Crippen LogP contribution in [0.1, 0.15) is 0 Å². The Hall–Kier alpha value is -1.33. The van der Waals surface area contributed by atoms with Crippen molar-refractivity contribution in [3.05, 3.63) is 29.3 Å². The molecule has 0 bridgehead atoms. The van der Waals surface area contributed by atoms with Crippen molar-refractivity contribution < 1.29 is 0 Å². The van der Waals surface area contributed by atoms with E-state index < -0.39 is 0 Å². The highest BCUT2D eigenvalue weighted by atomic mass is 35.5. The summed E-state index contributed by atoms with van der Waals surface area (Å²) in [4.78, 5) is 12.3. The monoisotopic (exact) mass is 252 g/mol. The SMILES string of the molecule is CSc1nc(N)nc(-c2cccc(Cl)c2)n1. The van der Waals surface area contributed by atoms with Gasteiger partial charge < -0.3 is 5.73 Å². The van der Waals surface area contributed by atoms with Crippen LogP contribution in [0.3, 0.4) is 0 Å². The molecule has 0 spiro atoms. The predicted octanol–water partition coefficient (Wildman–Crippen LogP) is 2.50. The van der Waals surface area contributed by atoms with Gasteiger partial charge in [0, 0.05) is 10.6 Å². The standard InChI is InChI=1S/C10H9ClN4S/c1-16-10-14-8(13-9(12)15-10)6-3-2-4-7(11)5-6/h2-5H,1H3,(H2,12,13,14,15). The number of hydrogen-bond acceptors (Lipinski definition) is 5. The Kier molecular flexibility index (Phi) is 3.26. The molecule has 4 nitrogen and oxygen atoms in total. The number of nitrogens with zero attached hydrogens (tertiary/aromatic N) is 3. The highest BCUT2D eigenvalue weighted by Gasteiger charge is 2.06. The lowest BCUT2D eigenvalue weighted by Crippen LogP contribution is -2.01. The van der Waals surface area contributed by atoms with Crippen molar-refractivity contribution in [1.29, 1.82) is 0 Å². The molecule has 1 aromatic heterocycles. The van der Waals surface area contributed by atoms with Crippen LogP contribution in [-0.2, 0) is 0 Å². The zero-order valence-corrected chi connectivity index (χ0v) is 10.1. The number of anilines is 1. The molecule has 0 unspecified atom stereocenters. The first-order valence-electron chi connectivity index (χ1n) is 4.50. The first-order chi connectivity index (χ1) is 7.69. The second kappa shape index (κ2) is 4.67. The van der Waals surface area contributed by atoms with Gasteiger partial charge in [-0.2, -0.15) is 9.97 Å². The van der Waals surface area contributed by atoms with Gasteiger partial charge in [-0.3, -0.25) is 0 Å². The molecule has 1 heterocycles. The largest absolute Gasteiger partial charge is 0.368 e. The maximum atomic E-state index is 5.90. The van der Waals surface area contributed by atoms with Gasteiger partial charge >= 0.3 is 0 Å². The molecule has 82 valence electrons. The van der Waals surface area contributed by atoms with Gasteiger partial charge in [0.1, 0.15) is 0 Å². The molecule has 0 radical (unpaired) electrons. The summed E-state index contributed by atoms with van der Waals surface area (Å²) < 4.78 is 0. The summed E-state index contributed by atoms with van der Waals surface area (Å²) in [6, 6.07) is 7.31. The van der Waals surface area contributed by atoms with E-state index in [0.29, 0.717) is 16.0 Å². The number of aromatic nitrogens is 3. The highest BCUT2D eigenvalue weighted by Crippen LogP contribution is 2.21. The van der Waals surface area contributed by atoms with Gasteiger partial charge in [-0.25, -0.2) is 4.98 Å². The molecular formula is C10H9ClN4S. The third-order valence-corrected chi connectivity index (χ3v) is 2.68. The summed E-state index contributed by atoms with van der Waals surface area (Å²) in [5, 5.41) is 1.24. The third-order valence-electron chi connectivity index (χ3n) is 1.90. The van der Waals surface area contributed by atoms with E-state index in [2.05, 4.69) is 15.0 Å². The first kappa shape index (κ1) is 11.2. The Morgan fingerprint density at radius 1 is 1.25 bits per heavy atom. The number of rotatable bonds is 2. The van der Waals surface area contributed by atoms with Crippen LogP contribution in [0.4, 0.5) is 5.95 Å². The minimum Gasteiger partial charge on any atom is -0.368 e. The second-order valence-electron chi connectivity index (χ2n) is 3.01. The van der Waals surface area contributed by atoms with Gasteiger partial charge in [-0.1, -0.05) is 35.5 Å². The summed E-state index contributed by atoms with van der Waals surface area (Å²) in [5.74, 6) is 0.758. The topological polar surface area (TPSA) is 64.7 Å². The van der Waals surface area contributed by atoms with E-state index in [0.717, 1.165) is 5.56 Å². The van der Waals surface area contributed by atoms with E-state index in [9.17, 15) is 0 Å². The minimum atomic E-state index is 0.217. The van der Waals surface area contributed by atoms with Crippen LogP contribution in [0.5, 0.6) is 0 Å². The molecule has 2 rings (SSSR count). The zero-order chi connectivity index (χ0) is 11.5. The Balaban J connectivity index is 2.51. The smallest absolute Gasteiger partial charge is 0.224 e. The Morgan fingerprint density at radius 2 is 2.06 bits per heavy atom. The molecule has 0 saturated carbocycles. The van der Waals surface area contributed by atoms with E-state index >= 15 is 0 Å². The fourth-order valence-electron chi connectivity index (χ4n) is 1.22. The molecule has 16 heavy (non-hydrogen) atoms. The molecule has 6 heteroatoms. The first-order valence-corrected chi connectivity index (χ1v) is 6.11. The van der Waals surface area contributed by atoms with Gasteiger partial charge in [0.2, 0.25) is 5.95 Å². The predicted molar refractivity (Wildman–Crippen MR) is 66.5 cm³/mol. The molecular weight excluding hydrogens is 244 g/mol. The van der Waals surface area contributed by atoms with E-state index in [1.807, 2.05) is 18.4 Å². The van der Waals surface area contributed by atoms with Crippen LogP contribution >= 0.6 is 23.4 Å². The normalized spacial score (nSPS) is 10.4. The molecule has 0 aliphatic heterocycles. The average molecular weight is 253 g/mol. The minimum absolute atomic E-state index is 0.217. The van der Waals surface area contributed by atoms with Crippen molar-refractivity contribution in [2.75, 3.05) is 12.0 Å². The summed E-state index contributed by atoms with van der Waals surface area (Å²) in [6.07, 6.45) is 1.89. The molecule has 1 aromatic carbocycles. The van der Waals surface area contributed by atoms with E-state index in [1.54, 1.807) is 12.1 Å². The van der Waals surface area contributed by atoms with Crippen molar-refractivity contribution in [2.24, 2.45) is 0 Å². The highest BCUT2D eigenvalue weighted by molar-refractivity contribution is 7.98. The lowest BCUT2D eigenvalue weighted by Gasteiger charge is -2.03. The molecule has 0 aliphatic rings. The summed E-state index contributed by atoms with van der Waals surface area (Å²) in [5.41, 5.74) is 6.43. The number of halogens is 1.